The summed E-state index contributed by atoms with van der Waals surface area (Å²) < 4.78 is 24.1. The van der Waals surface area contributed by atoms with E-state index in [2.05, 4.69) is 91.1 Å². The number of benzene rings is 2. The number of fused-ring (bicyclic) bond motifs is 2. The zero-order chi connectivity index (χ0) is 26.6. The summed E-state index contributed by atoms with van der Waals surface area (Å²) in [6.45, 7) is 0. The molecule has 0 radical (unpaired) electrons. The van der Waals surface area contributed by atoms with Crippen LogP contribution in [0.25, 0.3) is 12.2 Å². The zero-order valence-electron chi connectivity index (χ0n) is 23.1. The fourth-order valence-corrected chi connectivity index (χ4v) is 14.4. The standard InChI is InChI=1S/C20H20O2Si.C12H20O2Si/c1-21-23(22-2,19-13-11-15-7-3-5-9-17(15)19)20-14-12-16-8-4-6-10-18(16)20;1-13-15(14-2,11-7-3-4-8-11)12-9-5-6-10-12/h3-14,19-20H,1-2H3;3-4,7,12H,5-6,8-10H2,1-2H3. The lowest BCUT2D eigenvalue weighted by Gasteiger charge is -2.37. The van der Waals surface area contributed by atoms with Gasteiger partial charge < -0.3 is 17.7 Å². The van der Waals surface area contributed by atoms with E-state index in [0.717, 1.165) is 6.42 Å². The number of hydrogen-bond donors (Lipinski definition) is 0. The van der Waals surface area contributed by atoms with Crippen molar-refractivity contribution in [1.29, 1.82) is 0 Å². The van der Waals surface area contributed by atoms with Crippen LogP contribution in [0.4, 0.5) is 0 Å². The van der Waals surface area contributed by atoms with Crippen molar-refractivity contribution in [3.05, 3.63) is 106 Å². The van der Waals surface area contributed by atoms with Crippen molar-refractivity contribution >= 4 is 29.3 Å². The first-order valence-electron chi connectivity index (χ1n) is 13.7. The Morgan fingerprint density at radius 2 is 1.21 bits per heavy atom. The number of allylic oxidation sites excluding steroid dienone is 6. The van der Waals surface area contributed by atoms with Crippen molar-refractivity contribution in [2.24, 2.45) is 0 Å². The molecule has 0 saturated heterocycles. The van der Waals surface area contributed by atoms with E-state index in [-0.39, 0.29) is 11.1 Å². The maximum Gasteiger partial charge on any atom is 0.371 e. The maximum absolute atomic E-state index is 6.18. The lowest BCUT2D eigenvalue weighted by molar-refractivity contribution is 0.229. The summed E-state index contributed by atoms with van der Waals surface area (Å²) in [5, 5.41) is 1.42. The normalized spacial score (nSPS) is 21.8. The summed E-state index contributed by atoms with van der Waals surface area (Å²) in [5.74, 6) is 0. The van der Waals surface area contributed by atoms with Gasteiger partial charge >= 0.3 is 17.1 Å². The molecule has 0 bridgehead atoms. The molecule has 0 N–H and O–H groups in total. The van der Waals surface area contributed by atoms with Gasteiger partial charge in [0, 0.05) is 45.1 Å². The molecule has 0 aliphatic heterocycles. The van der Waals surface area contributed by atoms with Crippen LogP contribution in [0.2, 0.25) is 5.54 Å². The van der Waals surface area contributed by atoms with E-state index in [0.29, 0.717) is 5.54 Å². The molecular formula is C32H40O4Si2. The maximum atomic E-state index is 6.18. The average molecular weight is 545 g/mol. The van der Waals surface area contributed by atoms with Crippen molar-refractivity contribution in [3.63, 3.8) is 0 Å². The molecule has 1 saturated carbocycles. The lowest BCUT2D eigenvalue weighted by atomic mass is 10.1. The van der Waals surface area contributed by atoms with Gasteiger partial charge in [-0.1, -0.05) is 104 Å². The molecule has 6 heteroatoms. The molecule has 1 fully saturated rings. The first-order valence-corrected chi connectivity index (χ1v) is 17.6. The van der Waals surface area contributed by atoms with Crippen molar-refractivity contribution < 1.29 is 17.7 Å². The van der Waals surface area contributed by atoms with Crippen molar-refractivity contribution in [3.8, 4) is 0 Å². The molecule has 2 aromatic carbocycles. The minimum absolute atomic E-state index is 0.203. The van der Waals surface area contributed by atoms with Gasteiger partial charge in [0.05, 0.1) is 0 Å². The minimum atomic E-state index is -2.55. The first kappa shape index (κ1) is 27.2. The second-order valence-corrected chi connectivity index (χ2v) is 17.6. The van der Waals surface area contributed by atoms with Crippen molar-refractivity contribution in [1.82, 2.24) is 0 Å². The topological polar surface area (TPSA) is 36.9 Å². The van der Waals surface area contributed by atoms with E-state index >= 15 is 0 Å². The lowest BCUT2D eigenvalue weighted by Crippen LogP contribution is -2.51. The van der Waals surface area contributed by atoms with Gasteiger partial charge in [-0.2, -0.15) is 0 Å². The number of hydrogen-bond acceptors (Lipinski definition) is 4. The Bertz CT molecular complexity index is 1170. The summed E-state index contributed by atoms with van der Waals surface area (Å²) >= 11 is 0. The second-order valence-electron chi connectivity index (χ2n) is 10.4. The van der Waals surface area contributed by atoms with E-state index in [4.69, 9.17) is 17.7 Å². The van der Waals surface area contributed by atoms with Crippen LogP contribution in [0.5, 0.6) is 0 Å². The molecule has 2 atom stereocenters. The Balaban J connectivity index is 0.000000170. The summed E-state index contributed by atoms with van der Waals surface area (Å²) in [4.78, 5) is 0. The van der Waals surface area contributed by atoms with E-state index in [1.165, 1.54) is 53.1 Å². The highest BCUT2D eigenvalue weighted by atomic mass is 28.4. The van der Waals surface area contributed by atoms with Gasteiger partial charge in [0.2, 0.25) is 0 Å². The molecule has 4 aliphatic rings. The molecule has 2 unspecified atom stereocenters. The fourth-order valence-electron chi connectivity index (χ4n) is 6.94. The summed E-state index contributed by atoms with van der Waals surface area (Å²) in [5.41, 5.74) is 6.27. The molecular weight excluding hydrogens is 505 g/mol. The van der Waals surface area contributed by atoms with Crippen LogP contribution < -0.4 is 0 Å². The quantitative estimate of drug-likeness (QED) is 0.322. The van der Waals surface area contributed by atoms with Crippen LogP contribution in [-0.2, 0) is 17.7 Å². The third kappa shape index (κ3) is 4.68. The molecule has 4 nitrogen and oxygen atoms in total. The predicted octanol–water partition coefficient (Wildman–Crippen LogP) is 7.51. The monoisotopic (exact) mass is 544 g/mol. The molecule has 6 rings (SSSR count). The predicted molar refractivity (Wildman–Crippen MR) is 160 cm³/mol. The van der Waals surface area contributed by atoms with Crippen molar-refractivity contribution in [2.75, 3.05) is 28.4 Å². The van der Waals surface area contributed by atoms with Crippen LogP contribution in [0, 0.1) is 0 Å². The molecule has 200 valence electrons. The highest BCUT2D eigenvalue weighted by Crippen LogP contribution is 2.47. The van der Waals surface area contributed by atoms with Crippen LogP contribution in [0.3, 0.4) is 0 Å². The highest BCUT2D eigenvalue weighted by Gasteiger charge is 2.53. The van der Waals surface area contributed by atoms with Gasteiger partial charge in [-0.05, 0) is 46.7 Å². The van der Waals surface area contributed by atoms with Gasteiger partial charge in [0.25, 0.3) is 0 Å². The molecule has 4 aliphatic carbocycles. The van der Waals surface area contributed by atoms with E-state index in [1.54, 1.807) is 14.2 Å². The van der Waals surface area contributed by atoms with Crippen LogP contribution in [0.1, 0.15) is 65.4 Å². The van der Waals surface area contributed by atoms with E-state index in [1.807, 2.05) is 14.2 Å². The second kappa shape index (κ2) is 11.8. The Hall–Kier alpha value is -2.33. The molecule has 0 spiro atoms. The Kier molecular flexibility index (Phi) is 8.48. The Labute approximate surface area is 230 Å². The molecule has 0 aromatic heterocycles. The molecule has 38 heavy (non-hydrogen) atoms. The van der Waals surface area contributed by atoms with Crippen LogP contribution in [0.15, 0.2) is 84.1 Å². The van der Waals surface area contributed by atoms with E-state index < -0.39 is 17.1 Å². The average Bonchev–Trinajstić information content (AvgIpc) is 3.79. The fraction of sp³-hybridized carbons (Fsp3) is 0.375. The van der Waals surface area contributed by atoms with Gasteiger partial charge in [0.15, 0.2) is 0 Å². The third-order valence-electron chi connectivity index (χ3n) is 8.82. The van der Waals surface area contributed by atoms with Gasteiger partial charge in [-0.15, -0.1) is 0 Å². The van der Waals surface area contributed by atoms with Gasteiger partial charge in [-0.3, -0.25) is 0 Å². The molecule has 2 aromatic rings. The molecule has 0 amide bonds. The smallest absolute Gasteiger partial charge is 0.371 e. The van der Waals surface area contributed by atoms with Crippen LogP contribution in [-0.4, -0.2) is 45.6 Å². The largest absolute Gasteiger partial charge is 0.397 e. The van der Waals surface area contributed by atoms with Gasteiger partial charge in [-0.25, -0.2) is 0 Å². The Morgan fingerprint density at radius 3 is 1.66 bits per heavy atom. The van der Waals surface area contributed by atoms with Crippen LogP contribution >= 0.6 is 0 Å². The first-order chi connectivity index (χ1) is 18.6. The van der Waals surface area contributed by atoms with Gasteiger partial charge in [0.1, 0.15) is 0 Å². The molecule has 0 heterocycles. The summed E-state index contributed by atoms with van der Waals surface area (Å²) in [6.07, 6.45) is 21.7. The van der Waals surface area contributed by atoms with E-state index in [9.17, 15) is 0 Å². The highest BCUT2D eigenvalue weighted by molar-refractivity contribution is 6.76. The third-order valence-corrected chi connectivity index (χ3v) is 17.0. The summed E-state index contributed by atoms with van der Waals surface area (Å²) in [7, 11) is 2.63. The summed E-state index contributed by atoms with van der Waals surface area (Å²) in [6, 6.07) is 17.1. The zero-order valence-corrected chi connectivity index (χ0v) is 25.1. The SMILES string of the molecule is CO[Si](OC)(C1=CC=CC1)C1CCCC1.CO[Si](OC)(C1C=Cc2ccccc21)C1C=Cc2ccccc21. The Morgan fingerprint density at radius 1 is 0.684 bits per heavy atom. The number of rotatable bonds is 8. The minimum Gasteiger partial charge on any atom is -0.397 e. The van der Waals surface area contributed by atoms with Crippen molar-refractivity contribution in [2.45, 2.75) is 48.7 Å².